The van der Waals surface area contributed by atoms with Crippen LogP contribution in [0.25, 0.3) is 0 Å². The lowest BCUT2D eigenvalue weighted by molar-refractivity contribution is 0.107. The molecule has 0 radical (unpaired) electrons. The Bertz CT molecular complexity index is 385. The summed E-state index contributed by atoms with van der Waals surface area (Å²) < 4.78 is 5.95. The van der Waals surface area contributed by atoms with Crippen LogP contribution >= 0.6 is 24.8 Å². The number of piperazine rings is 1. The summed E-state index contributed by atoms with van der Waals surface area (Å²) in [7, 11) is 0. The fraction of sp³-hybridized carbons (Fsp3) is 0.733. The molecule has 1 saturated heterocycles. The first-order chi connectivity index (χ1) is 8.84. The van der Waals surface area contributed by atoms with Crippen LogP contribution in [-0.4, -0.2) is 31.1 Å². The second-order valence-corrected chi connectivity index (χ2v) is 5.72. The molecule has 0 aromatic carbocycles. The minimum absolute atomic E-state index is 0. The molecule has 0 unspecified atom stereocenters. The molecule has 0 amide bonds. The van der Waals surface area contributed by atoms with E-state index in [0.717, 1.165) is 37.9 Å². The van der Waals surface area contributed by atoms with Gasteiger partial charge in [-0.15, -0.1) is 24.8 Å². The Morgan fingerprint density at radius 3 is 2.35 bits per heavy atom. The Labute approximate surface area is 134 Å². The summed E-state index contributed by atoms with van der Waals surface area (Å²) >= 11 is 0. The van der Waals surface area contributed by atoms with Gasteiger partial charge in [0.2, 0.25) is 0 Å². The van der Waals surface area contributed by atoms with Crippen molar-refractivity contribution in [2.75, 3.05) is 26.2 Å². The molecular formula is C15H26Cl2N2O. The first-order valence-electron chi connectivity index (χ1n) is 7.36. The third-order valence-electron chi connectivity index (χ3n) is 4.44. The molecule has 116 valence electrons. The third-order valence-corrected chi connectivity index (χ3v) is 4.44. The van der Waals surface area contributed by atoms with Crippen molar-refractivity contribution in [2.24, 2.45) is 5.92 Å². The van der Waals surface area contributed by atoms with Gasteiger partial charge in [0.25, 0.3) is 0 Å². The van der Waals surface area contributed by atoms with Crippen LogP contribution in [0.15, 0.2) is 16.5 Å². The van der Waals surface area contributed by atoms with Crippen LogP contribution in [0.5, 0.6) is 0 Å². The molecule has 3 nitrogen and oxygen atoms in total. The monoisotopic (exact) mass is 320 g/mol. The molecule has 1 atom stereocenters. The summed E-state index contributed by atoms with van der Waals surface area (Å²) in [6, 6.07) is 4.82. The lowest BCUT2D eigenvalue weighted by Gasteiger charge is -2.37. The van der Waals surface area contributed by atoms with E-state index in [1.807, 2.05) is 6.92 Å². The minimum atomic E-state index is 0. The lowest BCUT2D eigenvalue weighted by Crippen LogP contribution is -2.46. The SMILES string of the molecule is Cc1ccc([C@H](C2CCCC2)N2CCNCC2)o1.Cl.Cl. The van der Waals surface area contributed by atoms with E-state index in [9.17, 15) is 0 Å². The van der Waals surface area contributed by atoms with Gasteiger partial charge in [0.1, 0.15) is 11.5 Å². The van der Waals surface area contributed by atoms with Crippen LogP contribution in [0.1, 0.15) is 43.2 Å². The van der Waals surface area contributed by atoms with E-state index in [-0.39, 0.29) is 24.8 Å². The number of nitrogens with one attached hydrogen (secondary N) is 1. The van der Waals surface area contributed by atoms with Crippen molar-refractivity contribution in [3.05, 3.63) is 23.7 Å². The zero-order valence-corrected chi connectivity index (χ0v) is 13.8. The standard InChI is InChI=1S/C15H24N2O.2ClH/c1-12-6-7-14(18-12)15(13-4-2-3-5-13)17-10-8-16-9-11-17;;/h6-7,13,15-16H,2-5,8-11H2,1H3;2*1H/t15-;;/m0../s1. The first kappa shape index (κ1) is 17.8. The number of nitrogens with zero attached hydrogens (tertiary/aromatic N) is 1. The highest BCUT2D eigenvalue weighted by Crippen LogP contribution is 2.40. The van der Waals surface area contributed by atoms with Crippen LogP contribution in [0, 0.1) is 12.8 Å². The molecular weight excluding hydrogens is 295 g/mol. The second kappa shape index (κ2) is 8.28. The van der Waals surface area contributed by atoms with E-state index >= 15 is 0 Å². The number of halogens is 2. The van der Waals surface area contributed by atoms with Crippen molar-refractivity contribution in [2.45, 2.75) is 38.6 Å². The molecule has 2 heterocycles. The van der Waals surface area contributed by atoms with Crippen molar-refractivity contribution in [1.29, 1.82) is 0 Å². The topological polar surface area (TPSA) is 28.4 Å². The molecule has 5 heteroatoms. The highest BCUT2D eigenvalue weighted by molar-refractivity contribution is 5.85. The normalized spacial score (nSPS) is 22.1. The van der Waals surface area contributed by atoms with Crippen molar-refractivity contribution < 1.29 is 4.42 Å². The van der Waals surface area contributed by atoms with Crippen LogP contribution in [0.3, 0.4) is 0 Å². The van der Waals surface area contributed by atoms with Crippen LogP contribution in [0.4, 0.5) is 0 Å². The summed E-state index contributed by atoms with van der Waals surface area (Å²) in [4.78, 5) is 2.63. The average Bonchev–Trinajstić information content (AvgIpc) is 3.04. The highest BCUT2D eigenvalue weighted by atomic mass is 35.5. The molecule has 20 heavy (non-hydrogen) atoms. The predicted molar refractivity (Wildman–Crippen MR) is 87.1 cm³/mol. The van der Waals surface area contributed by atoms with Crippen LogP contribution < -0.4 is 5.32 Å². The zero-order chi connectivity index (χ0) is 12.4. The molecule has 0 bridgehead atoms. The van der Waals surface area contributed by atoms with Gasteiger partial charge in [0.05, 0.1) is 6.04 Å². The van der Waals surface area contributed by atoms with Crippen LogP contribution in [-0.2, 0) is 0 Å². The van der Waals surface area contributed by atoms with Crippen LogP contribution in [0.2, 0.25) is 0 Å². The lowest BCUT2D eigenvalue weighted by atomic mass is 9.94. The van der Waals surface area contributed by atoms with E-state index in [4.69, 9.17) is 4.42 Å². The van der Waals surface area contributed by atoms with E-state index in [1.165, 1.54) is 31.4 Å². The number of hydrogen-bond acceptors (Lipinski definition) is 3. The van der Waals surface area contributed by atoms with Crippen molar-refractivity contribution in [3.63, 3.8) is 0 Å². The highest BCUT2D eigenvalue weighted by Gasteiger charge is 2.33. The van der Waals surface area contributed by atoms with Crippen molar-refractivity contribution in [1.82, 2.24) is 10.2 Å². The molecule has 1 aliphatic heterocycles. The summed E-state index contributed by atoms with van der Waals surface area (Å²) in [5, 5.41) is 3.44. The Morgan fingerprint density at radius 1 is 1.15 bits per heavy atom. The Balaban J connectivity index is 0.000001000. The van der Waals surface area contributed by atoms with Gasteiger partial charge in [-0.25, -0.2) is 0 Å². The smallest absolute Gasteiger partial charge is 0.121 e. The van der Waals surface area contributed by atoms with E-state index < -0.39 is 0 Å². The van der Waals surface area contributed by atoms with Crippen molar-refractivity contribution in [3.8, 4) is 0 Å². The van der Waals surface area contributed by atoms with E-state index in [2.05, 4.69) is 22.3 Å². The van der Waals surface area contributed by atoms with Gasteiger partial charge in [-0.05, 0) is 37.8 Å². The van der Waals surface area contributed by atoms with Gasteiger partial charge in [0.15, 0.2) is 0 Å². The Hall–Kier alpha value is -0.220. The fourth-order valence-corrected chi connectivity index (χ4v) is 3.56. The fourth-order valence-electron chi connectivity index (χ4n) is 3.56. The molecule has 0 spiro atoms. The van der Waals surface area contributed by atoms with E-state index in [0.29, 0.717) is 6.04 Å². The maximum absolute atomic E-state index is 5.95. The van der Waals surface area contributed by atoms with Gasteiger partial charge < -0.3 is 9.73 Å². The summed E-state index contributed by atoms with van der Waals surface area (Å²) in [6.45, 7) is 6.58. The number of hydrogen-bond donors (Lipinski definition) is 1. The van der Waals surface area contributed by atoms with Gasteiger partial charge in [-0.2, -0.15) is 0 Å². The largest absolute Gasteiger partial charge is 0.465 e. The molecule has 1 N–H and O–H groups in total. The Morgan fingerprint density at radius 2 is 1.80 bits per heavy atom. The molecule has 3 rings (SSSR count). The van der Waals surface area contributed by atoms with Gasteiger partial charge >= 0.3 is 0 Å². The molecule has 1 aromatic rings. The third kappa shape index (κ3) is 3.91. The maximum atomic E-state index is 5.95. The van der Waals surface area contributed by atoms with Gasteiger partial charge in [-0.1, -0.05) is 12.8 Å². The van der Waals surface area contributed by atoms with E-state index in [1.54, 1.807) is 0 Å². The summed E-state index contributed by atoms with van der Waals surface area (Å²) in [5.41, 5.74) is 0. The molecule has 1 aromatic heterocycles. The van der Waals surface area contributed by atoms with Gasteiger partial charge in [0, 0.05) is 26.2 Å². The Kier molecular flexibility index (Phi) is 7.38. The first-order valence-corrected chi connectivity index (χ1v) is 7.36. The molecule has 2 fully saturated rings. The number of furan rings is 1. The zero-order valence-electron chi connectivity index (χ0n) is 12.1. The predicted octanol–water partition coefficient (Wildman–Crippen LogP) is 3.57. The van der Waals surface area contributed by atoms with Crippen molar-refractivity contribution >= 4 is 24.8 Å². The second-order valence-electron chi connectivity index (χ2n) is 5.72. The van der Waals surface area contributed by atoms with Gasteiger partial charge in [-0.3, -0.25) is 4.90 Å². The quantitative estimate of drug-likeness (QED) is 0.922. The molecule has 1 saturated carbocycles. The average molecular weight is 321 g/mol. The summed E-state index contributed by atoms with van der Waals surface area (Å²) in [6.07, 6.45) is 5.53. The number of aryl methyl sites for hydroxylation is 1. The molecule has 1 aliphatic carbocycles. The minimum Gasteiger partial charge on any atom is -0.465 e. The summed E-state index contributed by atoms with van der Waals surface area (Å²) in [5.74, 6) is 3.04. The maximum Gasteiger partial charge on any atom is 0.121 e. The number of rotatable bonds is 3. The molecule has 2 aliphatic rings.